The number of rotatable bonds is 29. The van der Waals surface area contributed by atoms with Crippen LogP contribution in [0.4, 0.5) is 0 Å². The lowest BCUT2D eigenvalue weighted by Gasteiger charge is -2.25. The van der Waals surface area contributed by atoms with Gasteiger partial charge >= 0.3 is 7.82 Å². The molecule has 0 heterocycles. The fourth-order valence-corrected chi connectivity index (χ4v) is 4.96. The number of unbranched alkanes of at least 4 members (excludes halogenated alkanes) is 8. The van der Waals surface area contributed by atoms with Crippen LogP contribution in [0.5, 0.6) is 0 Å². The maximum atomic E-state index is 12.7. The average molecular weight is 654 g/mol. The Hall–Kier alpha value is -1.80. The van der Waals surface area contributed by atoms with Crippen LogP contribution >= 0.6 is 7.82 Å². The van der Waals surface area contributed by atoms with Crippen molar-refractivity contribution in [3.05, 3.63) is 60.8 Å². The lowest BCUT2D eigenvalue weighted by Crippen LogP contribution is -2.45. The second-order valence-electron chi connectivity index (χ2n) is 12.5. The second-order valence-corrected chi connectivity index (χ2v) is 14.0. The van der Waals surface area contributed by atoms with Crippen molar-refractivity contribution in [2.24, 2.45) is 0 Å². The zero-order valence-electron chi connectivity index (χ0n) is 29.1. The molecule has 0 fully saturated rings. The Labute approximate surface area is 275 Å². The molecule has 0 aliphatic heterocycles. The van der Waals surface area contributed by atoms with E-state index in [9.17, 15) is 19.4 Å². The number of carbonyl (C=O) groups is 1. The SMILES string of the molecule is CC/C=C\C/C=C\C/C=C\C/C=C\CCC(=O)NC(COP(=O)(O)OCC[N+](C)(C)C)C(O)/C=C/CCCCCCCCCC. The van der Waals surface area contributed by atoms with E-state index in [4.69, 9.17) is 9.05 Å². The van der Waals surface area contributed by atoms with Crippen LogP contribution in [0.25, 0.3) is 0 Å². The summed E-state index contributed by atoms with van der Waals surface area (Å²) in [5.41, 5.74) is 0. The molecule has 0 bridgehead atoms. The van der Waals surface area contributed by atoms with Gasteiger partial charge in [0, 0.05) is 6.42 Å². The molecule has 0 spiro atoms. The molecular formula is C36H66N2O6P+. The van der Waals surface area contributed by atoms with Crippen molar-refractivity contribution in [1.29, 1.82) is 0 Å². The number of phosphoric ester groups is 1. The van der Waals surface area contributed by atoms with Crippen LogP contribution in [0, 0.1) is 0 Å². The minimum Gasteiger partial charge on any atom is -0.387 e. The Kier molecular flexibility index (Phi) is 27.3. The number of aliphatic hydroxyl groups is 1. The Morgan fingerprint density at radius 2 is 1.33 bits per heavy atom. The largest absolute Gasteiger partial charge is 0.472 e. The van der Waals surface area contributed by atoms with E-state index in [2.05, 4.69) is 55.6 Å². The standard InChI is InChI=1S/C36H65N2O6P/c1-6-8-10-12-14-16-18-19-20-22-24-26-28-30-36(40)37-34(33-44-45(41,42)43-32-31-38(3,4)5)35(39)29-27-25-23-21-17-15-13-11-9-7-2/h8,10,14,16,19-20,24,26-27,29,34-35,39H,6-7,9,11-13,15,17-18,21-23,25,28,30-33H2,1-5H3,(H-,37,40,41,42)/p+1/b10-8-,16-14-,20-19-,26-24-,29-27+. The molecule has 45 heavy (non-hydrogen) atoms. The van der Waals surface area contributed by atoms with Crippen molar-refractivity contribution in [1.82, 2.24) is 5.32 Å². The molecule has 1 amide bonds. The number of nitrogens with zero attached hydrogens (tertiary/aromatic N) is 1. The van der Waals surface area contributed by atoms with Gasteiger partial charge in [0.15, 0.2) is 0 Å². The molecule has 3 unspecified atom stereocenters. The number of amides is 1. The van der Waals surface area contributed by atoms with Crippen molar-refractivity contribution < 1.29 is 32.9 Å². The first-order valence-electron chi connectivity index (χ1n) is 17.2. The van der Waals surface area contributed by atoms with E-state index < -0.39 is 20.0 Å². The maximum Gasteiger partial charge on any atom is 0.472 e. The minimum atomic E-state index is -4.34. The zero-order valence-corrected chi connectivity index (χ0v) is 30.0. The third-order valence-corrected chi connectivity index (χ3v) is 7.99. The summed E-state index contributed by atoms with van der Waals surface area (Å²) in [5, 5.41) is 13.6. The Morgan fingerprint density at radius 3 is 1.91 bits per heavy atom. The molecular weight excluding hydrogens is 587 g/mol. The van der Waals surface area contributed by atoms with Gasteiger partial charge in [-0.05, 0) is 44.9 Å². The summed E-state index contributed by atoms with van der Waals surface area (Å²) < 4.78 is 23.3. The molecule has 0 radical (unpaired) electrons. The van der Waals surface area contributed by atoms with Gasteiger partial charge in [0.25, 0.3) is 0 Å². The van der Waals surface area contributed by atoms with Crippen molar-refractivity contribution in [2.75, 3.05) is 40.9 Å². The van der Waals surface area contributed by atoms with E-state index in [0.29, 0.717) is 17.4 Å². The van der Waals surface area contributed by atoms with Gasteiger partial charge in [-0.15, -0.1) is 0 Å². The summed E-state index contributed by atoms with van der Waals surface area (Å²) >= 11 is 0. The number of hydrogen-bond acceptors (Lipinski definition) is 5. The number of likely N-dealkylation sites (N-methyl/N-ethyl adjacent to an activating group) is 1. The van der Waals surface area contributed by atoms with Crippen LogP contribution in [0.1, 0.15) is 110 Å². The van der Waals surface area contributed by atoms with Crippen LogP contribution in [0.3, 0.4) is 0 Å². The summed E-state index contributed by atoms with van der Waals surface area (Å²) in [7, 11) is 1.51. The lowest BCUT2D eigenvalue weighted by molar-refractivity contribution is -0.870. The van der Waals surface area contributed by atoms with Gasteiger partial charge in [0.05, 0.1) is 39.9 Å². The fourth-order valence-electron chi connectivity index (χ4n) is 4.22. The maximum absolute atomic E-state index is 12.7. The van der Waals surface area contributed by atoms with Gasteiger partial charge in [0.1, 0.15) is 13.2 Å². The van der Waals surface area contributed by atoms with E-state index in [-0.39, 0.29) is 25.5 Å². The van der Waals surface area contributed by atoms with Crippen LogP contribution in [0.15, 0.2) is 60.8 Å². The van der Waals surface area contributed by atoms with Crippen LogP contribution < -0.4 is 5.32 Å². The molecule has 0 rings (SSSR count). The normalized spacial score (nSPS) is 15.6. The average Bonchev–Trinajstić information content (AvgIpc) is 2.97. The highest BCUT2D eigenvalue weighted by atomic mass is 31.2. The summed E-state index contributed by atoms with van der Waals surface area (Å²) in [5.74, 6) is -0.264. The number of nitrogens with one attached hydrogen (secondary N) is 1. The van der Waals surface area contributed by atoms with Gasteiger partial charge < -0.3 is 19.8 Å². The smallest absolute Gasteiger partial charge is 0.387 e. The Bertz CT molecular complexity index is 923. The molecule has 9 heteroatoms. The van der Waals surface area contributed by atoms with E-state index in [1.165, 1.54) is 38.5 Å². The first-order valence-corrected chi connectivity index (χ1v) is 18.7. The first-order chi connectivity index (χ1) is 21.5. The van der Waals surface area contributed by atoms with E-state index in [0.717, 1.165) is 44.9 Å². The topological polar surface area (TPSA) is 105 Å². The summed E-state index contributed by atoms with van der Waals surface area (Å²) in [4.78, 5) is 22.8. The molecule has 0 saturated carbocycles. The molecule has 0 aliphatic carbocycles. The molecule has 8 nitrogen and oxygen atoms in total. The molecule has 3 N–H and O–H groups in total. The van der Waals surface area contributed by atoms with Gasteiger partial charge in [-0.25, -0.2) is 4.57 Å². The summed E-state index contributed by atoms with van der Waals surface area (Å²) in [6.07, 6.45) is 34.5. The highest BCUT2D eigenvalue weighted by Crippen LogP contribution is 2.43. The number of quaternary nitrogens is 1. The lowest BCUT2D eigenvalue weighted by atomic mass is 10.1. The molecule has 0 aromatic rings. The number of allylic oxidation sites excluding steroid dienone is 9. The number of aliphatic hydroxyl groups excluding tert-OH is 1. The third-order valence-electron chi connectivity index (χ3n) is 7.01. The zero-order chi connectivity index (χ0) is 33.7. The van der Waals surface area contributed by atoms with E-state index in [1.54, 1.807) is 6.08 Å². The Morgan fingerprint density at radius 1 is 0.778 bits per heavy atom. The van der Waals surface area contributed by atoms with E-state index >= 15 is 0 Å². The summed E-state index contributed by atoms with van der Waals surface area (Å²) in [6, 6.07) is -0.882. The summed E-state index contributed by atoms with van der Waals surface area (Å²) in [6.45, 7) is 4.57. The number of carbonyl (C=O) groups excluding carboxylic acids is 1. The monoisotopic (exact) mass is 653 g/mol. The third kappa shape index (κ3) is 30.6. The molecule has 260 valence electrons. The highest BCUT2D eigenvalue weighted by molar-refractivity contribution is 7.47. The number of hydrogen-bond donors (Lipinski definition) is 3. The van der Waals surface area contributed by atoms with Crippen molar-refractivity contribution in [2.45, 2.75) is 122 Å². The molecule has 0 aromatic heterocycles. The molecule has 0 aromatic carbocycles. The quantitative estimate of drug-likeness (QED) is 0.0324. The van der Waals surface area contributed by atoms with Crippen molar-refractivity contribution in [3.63, 3.8) is 0 Å². The van der Waals surface area contributed by atoms with Crippen LogP contribution in [-0.4, -0.2) is 73.4 Å². The van der Waals surface area contributed by atoms with Crippen LogP contribution in [0.2, 0.25) is 0 Å². The molecule has 3 atom stereocenters. The van der Waals surface area contributed by atoms with Crippen LogP contribution in [-0.2, 0) is 18.4 Å². The van der Waals surface area contributed by atoms with Gasteiger partial charge in [-0.2, -0.15) is 0 Å². The van der Waals surface area contributed by atoms with Gasteiger partial charge in [-0.3, -0.25) is 13.8 Å². The van der Waals surface area contributed by atoms with Crippen molar-refractivity contribution >= 4 is 13.7 Å². The fraction of sp³-hybridized carbons (Fsp3) is 0.694. The molecule has 0 saturated heterocycles. The minimum absolute atomic E-state index is 0.0459. The highest BCUT2D eigenvalue weighted by Gasteiger charge is 2.27. The van der Waals surface area contributed by atoms with Gasteiger partial charge in [0.2, 0.25) is 5.91 Å². The predicted octanol–water partition coefficient (Wildman–Crippen LogP) is 8.34. The van der Waals surface area contributed by atoms with E-state index in [1.807, 2.05) is 39.4 Å². The molecule has 0 aliphatic rings. The predicted molar refractivity (Wildman–Crippen MR) is 189 cm³/mol. The Balaban J connectivity index is 4.76. The number of phosphoric acid groups is 1. The first kappa shape index (κ1) is 43.2. The second kappa shape index (κ2) is 28.4. The van der Waals surface area contributed by atoms with Gasteiger partial charge in [-0.1, -0.05) is 120 Å². The van der Waals surface area contributed by atoms with Crippen molar-refractivity contribution in [3.8, 4) is 0 Å².